The summed E-state index contributed by atoms with van der Waals surface area (Å²) in [5.74, 6) is 1.48. The smallest absolute Gasteiger partial charge is 0.326 e. The van der Waals surface area contributed by atoms with E-state index >= 15 is 0 Å². The molecule has 18 heavy (non-hydrogen) atoms. The van der Waals surface area contributed by atoms with E-state index in [0.717, 1.165) is 12.8 Å². The lowest BCUT2D eigenvalue weighted by molar-refractivity contribution is -0.141. The van der Waals surface area contributed by atoms with E-state index in [4.69, 9.17) is 11.5 Å². The number of aliphatic carboxylic acids is 1. The Hall–Kier alpha value is -1.70. The summed E-state index contributed by atoms with van der Waals surface area (Å²) >= 11 is 0. The van der Waals surface area contributed by atoms with E-state index < -0.39 is 23.5 Å². The molecule has 0 aliphatic heterocycles. The molecular formula is C13H22N2O3. The second kappa shape index (κ2) is 7.59. The maximum atomic E-state index is 11.5. The standard InChI is InChI=1S/C13H22N2O3/c1-5-6-7-8-9-14-12(18)15-10(11(16)17)13(2,3)4/h1,10H,6-9H2,2-4H3,(H,16,17)(H2,14,15,18)/t10-/m1/s1. The normalized spacial score (nSPS) is 12.3. The number of carbonyl (C=O) groups excluding carboxylic acids is 1. The number of urea groups is 1. The summed E-state index contributed by atoms with van der Waals surface area (Å²) in [5.41, 5.74) is -0.535. The zero-order chi connectivity index (χ0) is 14.2. The third-order valence-electron chi connectivity index (χ3n) is 2.42. The van der Waals surface area contributed by atoms with Crippen LogP contribution in [-0.4, -0.2) is 29.7 Å². The molecule has 0 heterocycles. The molecule has 0 spiro atoms. The Bertz CT molecular complexity index is 326. The van der Waals surface area contributed by atoms with Crippen LogP contribution in [0.4, 0.5) is 4.79 Å². The Morgan fingerprint density at radius 2 is 1.94 bits per heavy atom. The van der Waals surface area contributed by atoms with Gasteiger partial charge in [0.1, 0.15) is 6.04 Å². The van der Waals surface area contributed by atoms with E-state index in [1.54, 1.807) is 20.8 Å². The number of unbranched alkanes of at least 4 members (excludes halogenated alkanes) is 2. The van der Waals surface area contributed by atoms with Gasteiger partial charge in [-0.05, 0) is 18.3 Å². The Labute approximate surface area is 108 Å². The zero-order valence-corrected chi connectivity index (χ0v) is 11.2. The van der Waals surface area contributed by atoms with Crippen LogP contribution in [-0.2, 0) is 4.79 Å². The molecule has 0 rings (SSSR count). The molecule has 3 N–H and O–H groups in total. The second-order valence-corrected chi connectivity index (χ2v) is 5.20. The number of carbonyl (C=O) groups is 2. The molecule has 102 valence electrons. The minimum absolute atomic E-state index is 0.460. The fourth-order valence-electron chi connectivity index (χ4n) is 1.38. The fourth-order valence-corrected chi connectivity index (χ4v) is 1.38. The molecule has 2 amide bonds. The van der Waals surface area contributed by atoms with Crippen molar-refractivity contribution in [3.63, 3.8) is 0 Å². The summed E-state index contributed by atoms with van der Waals surface area (Å²) in [7, 11) is 0. The number of rotatable bonds is 6. The third-order valence-corrected chi connectivity index (χ3v) is 2.42. The first kappa shape index (κ1) is 16.3. The van der Waals surface area contributed by atoms with Crippen LogP contribution >= 0.6 is 0 Å². The minimum atomic E-state index is -1.04. The fraction of sp³-hybridized carbons (Fsp3) is 0.692. The lowest BCUT2D eigenvalue weighted by Crippen LogP contribution is -2.52. The average molecular weight is 254 g/mol. The predicted molar refractivity (Wildman–Crippen MR) is 70.1 cm³/mol. The molecule has 0 bridgehead atoms. The van der Waals surface area contributed by atoms with Crippen molar-refractivity contribution in [1.82, 2.24) is 10.6 Å². The van der Waals surface area contributed by atoms with E-state index in [0.29, 0.717) is 13.0 Å². The first-order valence-electron chi connectivity index (χ1n) is 5.99. The average Bonchev–Trinajstić information content (AvgIpc) is 2.23. The van der Waals surface area contributed by atoms with Crippen molar-refractivity contribution in [2.75, 3.05) is 6.54 Å². The molecule has 5 nitrogen and oxygen atoms in total. The van der Waals surface area contributed by atoms with Gasteiger partial charge in [-0.2, -0.15) is 0 Å². The molecule has 0 fully saturated rings. The Morgan fingerprint density at radius 3 is 2.39 bits per heavy atom. The van der Waals surface area contributed by atoms with Gasteiger partial charge in [0, 0.05) is 13.0 Å². The molecule has 0 aromatic rings. The van der Waals surface area contributed by atoms with Gasteiger partial charge in [-0.15, -0.1) is 12.3 Å². The highest BCUT2D eigenvalue weighted by atomic mass is 16.4. The molecule has 0 radical (unpaired) electrons. The summed E-state index contributed by atoms with van der Waals surface area (Å²) in [5, 5.41) is 14.1. The molecule has 0 aliphatic rings. The van der Waals surface area contributed by atoms with Gasteiger partial charge in [-0.3, -0.25) is 0 Å². The van der Waals surface area contributed by atoms with Crippen LogP contribution < -0.4 is 10.6 Å². The van der Waals surface area contributed by atoms with Crippen molar-refractivity contribution < 1.29 is 14.7 Å². The molecule has 0 aliphatic carbocycles. The summed E-state index contributed by atoms with van der Waals surface area (Å²) in [6.07, 6.45) is 7.41. The van der Waals surface area contributed by atoms with Gasteiger partial charge >= 0.3 is 12.0 Å². The van der Waals surface area contributed by atoms with E-state index in [9.17, 15) is 9.59 Å². The van der Waals surface area contributed by atoms with E-state index in [1.165, 1.54) is 0 Å². The Morgan fingerprint density at radius 1 is 1.33 bits per heavy atom. The van der Waals surface area contributed by atoms with Crippen LogP contribution in [0.15, 0.2) is 0 Å². The predicted octanol–water partition coefficient (Wildman–Crippen LogP) is 1.59. The SMILES string of the molecule is C#CCCCCNC(=O)N[C@H](C(=O)O)C(C)(C)C. The van der Waals surface area contributed by atoms with Gasteiger partial charge in [0.25, 0.3) is 0 Å². The molecular weight excluding hydrogens is 232 g/mol. The van der Waals surface area contributed by atoms with Gasteiger partial charge in [0.2, 0.25) is 0 Å². The quantitative estimate of drug-likeness (QED) is 0.497. The highest BCUT2D eigenvalue weighted by molar-refractivity contribution is 5.83. The van der Waals surface area contributed by atoms with Crippen molar-refractivity contribution >= 4 is 12.0 Å². The molecule has 0 unspecified atom stereocenters. The van der Waals surface area contributed by atoms with Crippen molar-refractivity contribution in [3.8, 4) is 12.3 Å². The van der Waals surface area contributed by atoms with Gasteiger partial charge in [-0.25, -0.2) is 9.59 Å². The van der Waals surface area contributed by atoms with Crippen molar-refractivity contribution in [2.24, 2.45) is 5.41 Å². The summed E-state index contributed by atoms with van der Waals surface area (Å²) < 4.78 is 0. The van der Waals surface area contributed by atoms with Crippen LogP contribution in [0.3, 0.4) is 0 Å². The molecule has 5 heteroatoms. The van der Waals surface area contributed by atoms with Gasteiger partial charge < -0.3 is 15.7 Å². The largest absolute Gasteiger partial charge is 0.480 e. The Balaban J connectivity index is 4.06. The van der Waals surface area contributed by atoms with Crippen molar-refractivity contribution in [2.45, 2.75) is 46.1 Å². The number of nitrogens with one attached hydrogen (secondary N) is 2. The van der Waals surface area contributed by atoms with Gasteiger partial charge in [0.05, 0.1) is 0 Å². The maximum Gasteiger partial charge on any atom is 0.326 e. The Kier molecular flexibility index (Phi) is 6.88. The molecule has 0 aromatic carbocycles. The maximum absolute atomic E-state index is 11.5. The first-order valence-corrected chi connectivity index (χ1v) is 5.99. The van der Waals surface area contributed by atoms with Crippen LogP contribution in [0.1, 0.15) is 40.0 Å². The first-order chi connectivity index (χ1) is 8.29. The van der Waals surface area contributed by atoms with Crippen molar-refractivity contribution in [3.05, 3.63) is 0 Å². The highest BCUT2D eigenvalue weighted by Crippen LogP contribution is 2.19. The number of hydrogen-bond donors (Lipinski definition) is 3. The van der Waals surface area contributed by atoms with Crippen LogP contribution in [0.2, 0.25) is 0 Å². The van der Waals surface area contributed by atoms with Gasteiger partial charge in [-0.1, -0.05) is 20.8 Å². The van der Waals surface area contributed by atoms with Crippen LogP contribution in [0.5, 0.6) is 0 Å². The number of hydrogen-bond acceptors (Lipinski definition) is 2. The lowest BCUT2D eigenvalue weighted by atomic mass is 9.87. The molecule has 0 aromatic heterocycles. The monoisotopic (exact) mass is 254 g/mol. The van der Waals surface area contributed by atoms with E-state index in [-0.39, 0.29) is 0 Å². The van der Waals surface area contributed by atoms with Crippen LogP contribution in [0.25, 0.3) is 0 Å². The summed E-state index contributed by atoms with van der Waals surface area (Å²) in [6.45, 7) is 5.78. The number of amides is 2. The summed E-state index contributed by atoms with van der Waals surface area (Å²) in [6, 6.07) is -1.37. The molecule has 0 saturated heterocycles. The molecule has 1 atom stereocenters. The van der Waals surface area contributed by atoms with Crippen LogP contribution in [0, 0.1) is 17.8 Å². The third kappa shape index (κ3) is 6.79. The van der Waals surface area contributed by atoms with E-state index in [2.05, 4.69) is 16.6 Å². The van der Waals surface area contributed by atoms with E-state index in [1.807, 2.05) is 0 Å². The second-order valence-electron chi connectivity index (χ2n) is 5.20. The number of carboxylic acid groups (broad SMARTS) is 1. The van der Waals surface area contributed by atoms with Crippen molar-refractivity contribution in [1.29, 1.82) is 0 Å². The topological polar surface area (TPSA) is 78.4 Å². The number of carboxylic acids is 1. The number of terminal acetylenes is 1. The van der Waals surface area contributed by atoms with Gasteiger partial charge in [0.15, 0.2) is 0 Å². The zero-order valence-electron chi connectivity index (χ0n) is 11.2. The minimum Gasteiger partial charge on any atom is -0.480 e. The summed E-state index contributed by atoms with van der Waals surface area (Å²) in [4.78, 5) is 22.5. The molecule has 0 saturated carbocycles. The highest BCUT2D eigenvalue weighted by Gasteiger charge is 2.32. The lowest BCUT2D eigenvalue weighted by Gasteiger charge is -2.27.